The number of hydrogen-bond donors (Lipinski definition) is 1. The van der Waals surface area contributed by atoms with Gasteiger partial charge in [-0.15, -0.1) is 11.3 Å². The molecule has 6 nitrogen and oxygen atoms in total. The third-order valence-electron chi connectivity index (χ3n) is 5.55. The highest BCUT2D eigenvalue weighted by molar-refractivity contribution is 7.10. The Morgan fingerprint density at radius 3 is 2.73 bits per heavy atom. The van der Waals surface area contributed by atoms with Gasteiger partial charge < -0.3 is 14.8 Å². The van der Waals surface area contributed by atoms with Crippen molar-refractivity contribution in [3.8, 4) is 11.5 Å². The summed E-state index contributed by atoms with van der Waals surface area (Å²) in [4.78, 5) is 5.65. The molecule has 0 spiro atoms. The molecular formula is C23H18N4O2S. The van der Waals surface area contributed by atoms with E-state index in [0.29, 0.717) is 0 Å². The van der Waals surface area contributed by atoms with Gasteiger partial charge in [0.2, 0.25) is 5.95 Å². The maximum Gasteiger partial charge on any atom is 0.226 e. The average molecular weight is 414 g/mol. The average Bonchev–Trinajstić information content (AvgIpc) is 3.49. The van der Waals surface area contributed by atoms with E-state index in [0.717, 1.165) is 39.8 Å². The van der Waals surface area contributed by atoms with Crippen LogP contribution >= 0.6 is 11.3 Å². The summed E-state index contributed by atoms with van der Waals surface area (Å²) in [5.41, 5.74) is 4.26. The van der Waals surface area contributed by atoms with Gasteiger partial charge in [-0.25, -0.2) is 4.68 Å². The first kappa shape index (κ1) is 17.3. The molecule has 2 atom stereocenters. The van der Waals surface area contributed by atoms with Crippen molar-refractivity contribution >= 4 is 23.0 Å². The van der Waals surface area contributed by atoms with Crippen LogP contribution in [0.1, 0.15) is 28.1 Å². The topological polar surface area (TPSA) is 61.2 Å². The van der Waals surface area contributed by atoms with Crippen molar-refractivity contribution in [2.45, 2.75) is 12.1 Å². The summed E-state index contributed by atoms with van der Waals surface area (Å²) in [5, 5.41) is 10.1. The minimum atomic E-state index is -0.266. The second kappa shape index (κ2) is 6.74. The van der Waals surface area contributed by atoms with Crippen LogP contribution in [0.4, 0.5) is 5.95 Å². The first-order valence-corrected chi connectivity index (χ1v) is 10.6. The van der Waals surface area contributed by atoms with Crippen molar-refractivity contribution in [3.63, 3.8) is 0 Å². The summed E-state index contributed by atoms with van der Waals surface area (Å²) in [7, 11) is 1.67. The van der Waals surface area contributed by atoms with Crippen molar-refractivity contribution < 1.29 is 9.47 Å². The van der Waals surface area contributed by atoms with E-state index in [1.54, 1.807) is 24.8 Å². The highest BCUT2D eigenvalue weighted by Gasteiger charge is 2.41. The van der Waals surface area contributed by atoms with E-state index >= 15 is 0 Å². The van der Waals surface area contributed by atoms with Gasteiger partial charge in [-0.2, -0.15) is 10.1 Å². The van der Waals surface area contributed by atoms with Crippen LogP contribution < -0.4 is 14.8 Å². The van der Waals surface area contributed by atoms with Crippen LogP contribution in [0.5, 0.6) is 11.5 Å². The molecule has 0 bridgehead atoms. The van der Waals surface area contributed by atoms with E-state index in [2.05, 4.69) is 51.1 Å². The van der Waals surface area contributed by atoms with E-state index in [4.69, 9.17) is 9.47 Å². The Morgan fingerprint density at radius 2 is 1.93 bits per heavy atom. The lowest BCUT2D eigenvalue weighted by Gasteiger charge is -2.38. The Hall–Kier alpha value is -3.58. The monoisotopic (exact) mass is 414 g/mol. The second-order valence-corrected chi connectivity index (χ2v) is 8.15. The van der Waals surface area contributed by atoms with Crippen LogP contribution in [-0.4, -0.2) is 21.9 Å². The normalized spacial score (nSPS) is 19.2. The van der Waals surface area contributed by atoms with Gasteiger partial charge in [0.25, 0.3) is 0 Å². The number of thiophene rings is 1. The predicted octanol–water partition coefficient (Wildman–Crippen LogP) is 4.91. The zero-order valence-corrected chi connectivity index (χ0v) is 17.0. The second-order valence-electron chi connectivity index (χ2n) is 7.17. The first-order valence-electron chi connectivity index (χ1n) is 9.67. The van der Waals surface area contributed by atoms with Crippen molar-refractivity contribution in [3.05, 3.63) is 93.9 Å². The van der Waals surface area contributed by atoms with E-state index in [-0.39, 0.29) is 12.1 Å². The molecule has 0 radical (unpaired) electrons. The quantitative estimate of drug-likeness (QED) is 0.516. The summed E-state index contributed by atoms with van der Waals surface area (Å²) < 4.78 is 13.9. The number of benzene rings is 2. The number of ether oxygens (including phenoxy) is 2. The number of rotatable bonds is 3. The van der Waals surface area contributed by atoms with Gasteiger partial charge in [0.1, 0.15) is 30.0 Å². The lowest BCUT2D eigenvalue weighted by molar-refractivity contribution is 0.223. The number of hydrogen-bond acceptors (Lipinski definition) is 6. The molecule has 2 aromatic heterocycles. The number of anilines is 1. The molecule has 2 unspecified atom stereocenters. The third kappa shape index (κ3) is 2.55. The highest BCUT2D eigenvalue weighted by atomic mass is 32.1. The zero-order chi connectivity index (χ0) is 20.1. The zero-order valence-electron chi connectivity index (χ0n) is 16.1. The SMILES string of the molecule is COc1ccc(C2Oc3ccccc3C3=C2C(c2cccs2)n2ncnc2N3)cc1. The Balaban J connectivity index is 1.60. The molecule has 4 aromatic rings. The van der Waals surface area contributed by atoms with Crippen LogP contribution in [-0.2, 0) is 0 Å². The lowest BCUT2D eigenvalue weighted by Crippen LogP contribution is -2.32. The number of methoxy groups -OCH3 is 1. The number of aromatic nitrogens is 3. The van der Waals surface area contributed by atoms with Gasteiger partial charge in [0, 0.05) is 16.0 Å². The van der Waals surface area contributed by atoms with Crippen molar-refractivity contribution in [1.82, 2.24) is 14.8 Å². The summed E-state index contributed by atoms with van der Waals surface area (Å²) in [6.45, 7) is 0. The van der Waals surface area contributed by atoms with Crippen molar-refractivity contribution in [1.29, 1.82) is 0 Å². The molecule has 7 heteroatoms. The molecule has 30 heavy (non-hydrogen) atoms. The molecule has 0 aliphatic carbocycles. The van der Waals surface area contributed by atoms with E-state index in [1.807, 2.05) is 35.0 Å². The van der Waals surface area contributed by atoms with E-state index in [9.17, 15) is 0 Å². The van der Waals surface area contributed by atoms with Gasteiger partial charge >= 0.3 is 0 Å². The van der Waals surface area contributed by atoms with E-state index < -0.39 is 0 Å². The summed E-state index contributed by atoms with van der Waals surface area (Å²) in [6.07, 6.45) is 1.33. The molecule has 148 valence electrons. The van der Waals surface area contributed by atoms with Crippen LogP contribution in [0, 0.1) is 0 Å². The van der Waals surface area contributed by atoms with Gasteiger partial charge in [-0.1, -0.05) is 30.3 Å². The van der Waals surface area contributed by atoms with Gasteiger partial charge in [-0.05, 0) is 41.3 Å². The maximum absolute atomic E-state index is 6.59. The Bertz CT molecular complexity index is 1240. The molecule has 2 aromatic carbocycles. The maximum atomic E-state index is 6.59. The first-order chi connectivity index (χ1) is 14.8. The predicted molar refractivity (Wildman–Crippen MR) is 116 cm³/mol. The number of nitrogens with zero attached hydrogens (tertiary/aromatic N) is 3. The minimum Gasteiger partial charge on any atom is -0.497 e. The van der Waals surface area contributed by atoms with Crippen molar-refractivity contribution in [2.75, 3.05) is 12.4 Å². The van der Waals surface area contributed by atoms with Crippen LogP contribution in [0.25, 0.3) is 5.70 Å². The molecule has 0 saturated carbocycles. The summed E-state index contributed by atoms with van der Waals surface area (Å²) in [5.74, 6) is 2.40. The molecule has 0 fully saturated rings. The largest absolute Gasteiger partial charge is 0.497 e. The minimum absolute atomic E-state index is 0.0980. The summed E-state index contributed by atoms with van der Waals surface area (Å²) >= 11 is 1.71. The third-order valence-corrected chi connectivity index (χ3v) is 6.48. The number of para-hydroxylation sites is 1. The van der Waals surface area contributed by atoms with Gasteiger partial charge in [0.15, 0.2) is 0 Å². The molecule has 2 aliphatic heterocycles. The van der Waals surface area contributed by atoms with Crippen LogP contribution in [0.2, 0.25) is 0 Å². The molecule has 6 rings (SSSR count). The smallest absolute Gasteiger partial charge is 0.226 e. The van der Waals surface area contributed by atoms with Gasteiger partial charge in [-0.3, -0.25) is 0 Å². The molecule has 4 heterocycles. The Kier molecular flexibility index (Phi) is 3.89. The molecule has 0 saturated heterocycles. The number of fused-ring (bicyclic) bond motifs is 3. The summed E-state index contributed by atoms with van der Waals surface area (Å²) in [6, 6.07) is 20.3. The fourth-order valence-corrected chi connectivity index (χ4v) is 5.02. The number of nitrogens with one attached hydrogen (secondary N) is 1. The fraction of sp³-hybridized carbons (Fsp3) is 0.130. The standard InChI is InChI=1S/C23H18N4O2S/c1-28-15-10-8-14(9-11-15)22-19-20(16-5-2-3-6-17(16)29-22)26-23-24-13-25-27(23)21(19)18-7-4-12-30-18/h2-13,21-22H,1H3,(H,24,25,26). The highest BCUT2D eigenvalue weighted by Crippen LogP contribution is 2.51. The van der Waals surface area contributed by atoms with Crippen LogP contribution in [0.15, 0.2) is 77.9 Å². The van der Waals surface area contributed by atoms with E-state index in [1.165, 1.54) is 4.88 Å². The molecule has 2 aliphatic rings. The Morgan fingerprint density at radius 1 is 1.07 bits per heavy atom. The van der Waals surface area contributed by atoms with Gasteiger partial charge in [0.05, 0.1) is 12.8 Å². The van der Waals surface area contributed by atoms with Crippen molar-refractivity contribution in [2.24, 2.45) is 0 Å². The Labute approximate surface area is 177 Å². The molecule has 1 N–H and O–H groups in total. The van der Waals surface area contributed by atoms with Crippen LogP contribution in [0.3, 0.4) is 0 Å². The molecule has 0 amide bonds. The molecular weight excluding hydrogens is 396 g/mol. The lowest BCUT2D eigenvalue weighted by atomic mass is 9.87. The fourth-order valence-electron chi connectivity index (χ4n) is 4.19.